The Morgan fingerprint density at radius 2 is 1.90 bits per heavy atom. The number of hydrogen-bond donors (Lipinski definition) is 2. The third-order valence-electron chi connectivity index (χ3n) is 3.92. The van der Waals surface area contributed by atoms with Crippen LogP contribution in [0.1, 0.15) is 16.1 Å². The Labute approximate surface area is 170 Å². The molecule has 3 aromatic heterocycles. The Morgan fingerprint density at radius 3 is 2.62 bits per heavy atom. The Kier molecular flexibility index (Phi) is 5.39. The first kappa shape index (κ1) is 18.5. The maximum atomic E-state index is 12.3. The van der Waals surface area contributed by atoms with Gasteiger partial charge < -0.3 is 5.32 Å². The zero-order valence-corrected chi connectivity index (χ0v) is 16.0. The molecule has 0 fully saturated rings. The van der Waals surface area contributed by atoms with Crippen LogP contribution in [0.5, 0.6) is 0 Å². The zero-order chi connectivity index (χ0) is 20.1. The fourth-order valence-corrected chi connectivity index (χ4v) is 3.28. The molecule has 2 N–H and O–H groups in total. The predicted molar refractivity (Wildman–Crippen MR) is 110 cm³/mol. The van der Waals surface area contributed by atoms with Crippen molar-refractivity contribution >= 4 is 34.0 Å². The first-order valence-electron chi connectivity index (χ1n) is 8.74. The summed E-state index contributed by atoms with van der Waals surface area (Å²) in [6.45, 7) is 0. The summed E-state index contributed by atoms with van der Waals surface area (Å²) >= 11 is 1.28. The van der Waals surface area contributed by atoms with Gasteiger partial charge in [0, 0.05) is 23.3 Å². The molecule has 4 aromatic rings. The standard InChI is InChI=1S/C20H16N6O2S/c27-18(23-15-7-8-17(21-12-15)26-10-4-9-22-26)11-16-13-29-20(24-16)25-19(28)14-5-2-1-3-6-14/h1-10,12-13H,11H2,(H,23,27)(H,24,25,28). The molecular weight excluding hydrogens is 388 g/mol. The minimum absolute atomic E-state index is 0.0958. The fraction of sp³-hybridized carbons (Fsp3) is 0.0500. The molecule has 4 rings (SSSR count). The normalized spacial score (nSPS) is 10.5. The number of pyridine rings is 1. The average Bonchev–Trinajstić information content (AvgIpc) is 3.42. The van der Waals surface area contributed by atoms with Gasteiger partial charge in [-0.25, -0.2) is 14.6 Å². The SMILES string of the molecule is O=C(Cc1csc(NC(=O)c2ccccc2)n1)Nc1ccc(-n2cccn2)nc1. The van der Waals surface area contributed by atoms with E-state index >= 15 is 0 Å². The van der Waals surface area contributed by atoms with E-state index in [0.717, 1.165) is 0 Å². The van der Waals surface area contributed by atoms with E-state index in [2.05, 4.69) is 25.7 Å². The highest BCUT2D eigenvalue weighted by atomic mass is 32.1. The largest absolute Gasteiger partial charge is 0.324 e. The molecular formula is C20H16N6O2S. The topological polar surface area (TPSA) is 102 Å². The second-order valence-electron chi connectivity index (χ2n) is 6.04. The summed E-state index contributed by atoms with van der Waals surface area (Å²) in [5, 5.41) is 11.8. The van der Waals surface area contributed by atoms with E-state index in [1.54, 1.807) is 65.1 Å². The van der Waals surface area contributed by atoms with Crippen molar-refractivity contribution in [1.82, 2.24) is 19.7 Å². The van der Waals surface area contributed by atoms with Gasteiger partial charge in [0.2, 0.25) is 5.91 Å². The molecule has 0 bridgehead atoms. The van der Waals surface area contributed by atoms with E-state index in [4.69, 9.17) is 0 Å². The summed E-state index contributed by atoms with van der Waals surface area (Å²) in [4.78, 5) is 33.0. The molecule has 0 radical (unpaired) electrons. The van der Waals surface area contributed by atoms with E-state index in [0.29, 0.717) is 27.9 Å². The lowest BCUT2D eigenvalue weighted by molar-refractivity contribution is -0.115. The summed E-state index contributed by atoms with van der Waals surface area (Å²) in [6.07, 6.45) is 5.12. The van der Waals surface area contributed by atoms with E-state index in [1.165, 1.54) is 11.3 Å². The lowest BCUT2D eigenvalue weighted by Crippen LogP contribution is -2.15. The van der Waals surface area contributed by atoms with Gasteiger partial charge in [-0.15, -0.1) is 11.3 Å². The van der Waals surface area contributed by atoms with Crippen molar-refractivity contribution < 1.29 is 9.59 Å². The van der Waals surface area contributed by atoms with Crippen molar-refractivity contribution in [2.75, 3.05) is 10.6 Å². The molecule has 2 amide bonds. The fourth-order valence-electron chi connectivity index (χ4n) is 2.57. The number of rotatable bonds is 6. The van der Waals surface area contributed by atoms with Crippen LogP contribution >= 0.6 is 11.3 Å². The third-order valence-corrected chi connectivity index (χ3v) is 4.73. The van der Waals surface area contributed by atoms with Crippen molar-refractivity contribution in [2.45, 2.75) is 6.42 Å². The molecule has 0 atom stereocenters. The van der Waals surface area contributed by atoms with Gasteiger partial charge in [0.1, 0.15) is 0 Å². The predicted octanol–water partition coefficient (Wildman–Crippen LogP) is 3.16. The maximum absolute atomic E-state index is 12.3. The Hall–Kier alpha value is -3.85. The van der Waals surface area contributed by atoms with Gasteiger partial charge in [-0.1, -0.05) is 18.2 Å². The zero-order valence-electron chi connectivity index (χ0n) is 15.1. The summed E-state index contributed by atoms with van der Waals surface area (Å²) in [7, 11) is 0. The van der Waals surface area contributed by atoms with Crippen LogP contribution in [0.2, 0.25) is 0 Å². The maximum Gasteiger partial charge on any atom is 0.257 e. The van der Waals surface area contributed by atoms with E-state index < -0.39 is 0 Å². The quantitative estimate of drug-likeness (QED) is 0.514. The van der Waals surface area contributed by atoms with Crippen LogP contribution in [0.15, 0.2) is 72.5 Å². The highest BCUT2D eigenvalue weighted by Gasteiger charge is 2.11. The minimum Gasteiger partial charge on any atom is -0.324 e. The average molecular weight is 404 g/mol. The number of benzene rings is 1. The van der Waals surface area contributed by atoms with Gasteiger partial charge in [0.25, 0.3) is 5.91 Å². The molecule has 0 saturated carbocycles. The molecule has 144 valence electrons. The minimum atomic E-state index is -0.237. The van der Waals surface area contributed by atoms with Gasteiger partial charge in [-0.3, -0.25) is 14.9 Å². The molecule has 0 aliphatic carbocycles. The van der Waals surface area contributed by atoms with Crippen LogP contribution in [0.3, 0.4) is 0 Å². The van der Waals surface area contributed by atoms with Gasteiger partial charge in [0.05, 0.1) is 24.0 Å². The van der Waals surface area contributed by atoms with Crippen LogP contribution in [0.25, 0.3) is 5.82 Å². The Balaban J connectivity index is 1.33. The van der Waals surface area contributed by atoms with E-state index in [9.17, 15) is 9.59 Å². The summed E-state index contributed by atoms with van der Waals surface area (Å²) in [5.41, 5.74) is 1.71. The number of aromatic nitrogens is 4. The first-order valence-corrected chi connectivity index (χ1v) is 9.62. The third kappa shape index (κ3) is 4.71. The second-order valence-corrected chi connectivity index (χ2v) is 6.90. The smallest absolute Gasteiger partial charge is 0.257 e. The Bertz CT molecular complexity index is 1110. The lowest BCUT2D eigenvalue weighted by Gasteiger charge is -2.05. The van der Waals surface area contributed by atoms with Crippen molar-refractivity contribution in [1.29, 1.82) is 0 Å². The number of carbonyl (C=O) groups excluding carboxylic acids is 2. The van der Waals surface area contributed by atoms with E-state index in [-0.39, 0.29) is 18.2 Å². The highest BCUT2D eigenvalue weighted by Crippen LogP contribution is 2.17. The molecule has 1 aromatic carbocycles. The van der Waals surface area contributed by atoms with Crippen LogP contribution < -0.4 is 10.6 Å². The molecule has 0 saturated heterocycles. The highest BCUT2D eigenvalue weighted by molar-refractivity contribution is 7.14. The molecule has 29 heavy (non-hydrogen) atoms. The van der Waals surface area contributed by atoms with Gasteiger partial charge in [0.15, 0.2) is 10.9 Å². The second kappa shape index (κ2) is 8.44. The number of carbonyl (C=O) groups is 2. The Morgan fingerprint density at radius 1 is 1.03 bits per heavy atom. The number of nitrogens with one attached hydrogen (secondary N) is 2. The summed E-state index contributed by atoms with van der Waals surface area (Å²) < 4.78 is 1.63. The van der Waals surface area contributed by atoms with E-state index in [1.807, 2.05) is 12.1 Å². The van der Waals surface area contributed by atoms with Gasteiger partial charge >= 0.3 is 0 Å². The summed E-state index contributed by atoms with van der Waals surface area (Å²) in [6, 6.07) is 14.2. The molecule has 0 aliphatic heterocycles. The first-order chi connectivity index (χ1) is 14.2. The molecule has 3 heterocycles. The van der Waals surface area contributed by atoms with Gasteiger partial charge in [-0.2, -0.15) is 5.10 Å². The number of anilines is 2. The number of thiazole rings is 1. The monoisotopic (exact) mass is 404 g/mol. The van der Waals surface area contributed by atoms with Crippen LogP contribution in [0, 0.1) is 0 Å². The van der Waals surface area contributed by atoms with Crippen molar-refractivity contribution in [2.24, 2.45) is 0 Å². The van der Waals surface area contributed by atoms with Crippen molar-refractivity contribution in [3.63, 3.8) is 0 Å². The van der Waals surface area contributed by atoms with Crippen LogP contribution in [0.4, 0.5) is 10.8 Å². The van der Waals surface area contributed by atoms with Crippen molar-refractivity contribution in [3.05, 3.63) is 83.8 Å². The van der Waals surface area contributed by atoms with Crippen LogP contribution in [-0.4, -0.2) is 31.6 Å². The van der Waals surface area contributed by atoms with Crippen molar-refractivity contribution in [3.8, 4) is 5.82 Å². The van der Waals surface area contributed by atoms with Gasteiger partial charge in [-0.05, 0) is 30.3 Å². The molecule has 0 unspecified atom stereocenters. The summed E-state index contributed by atoms with van der Waals surface area (Å²) in [5.74, 6) is 0.204. The lowest BCUT2D eigenvalue weighted by atomic mass is 10.2. The van der Waals surface area contributed by atoms with Crippen LogP contribution in [-0.2, 0) is 11.2 Å². The molecule has 8 nitrogen and oxygen atoms in total. The number of amides is 2. The molecule has 0 spiro atoms. The number of nitrogens with zero attached hydrogens (tertiary/aromatic N) is 4. The molecule has 0 aliphatic rings. The number of hydrogen-bond acceptors (Lipinski definition) is 6. The molecule has 9 heteroatoms.